The fraction of sp³-hybridized carbons (Fsp3) is 0.500. The van der Waals surface area contributed by atoms with Crippen molar-refractivity contribution in [3.8, 4) is 0 Å². The molecule has 0 fully saturated rings. The second-order valence-corrected chi connectivity index (χ2v) is 4.90. The van der Waals surface area contributed by atoms with Gasteiger partial charge in [-0.1, -0.05) is 57.4 Å². The number of hydrogen-bond donors (Lipinski definition) is 0. The highest BCUT2D eigenvalue weighted by atomic mass is 35.5. The Morgan fingerprint density at radius 2 is 1.64 bits per heavy atom. The van der Waals surface area contributed by atoms with E-state index >= 15 is 0 Å². The van der Waals surface area contributed by atoms with Crippen LogP contribution in [0.25, 0.3) is 0 Å². The van der Waals surface area contributed by atoms with Crippen LogP contribution < -0.4 is 5.46 Å². The van der Waals surface area contributed by atoms with E-state index in [1.807, 2.05) is 0 Å². The highest BCUT2D eigenvalue weighted by Crippen LogP contribution is 2.18. The average molecular weight is 209 g/mol. The van der Waals surface area contributed by atoms with Gasteiger partial charge >= 0.3 is 0 Å². The molecule has 0 nitrogen and oxygen atoms in total. The van der Waals surface area contributed by atoms with Gasteiger partial charge in [-0.25, -0.2) is 0 Å². The lowest BCUT2D eigenvalue weighted by Crippen LogP contribution is -2.30. The predicted molar refractivity (Wildman–Crippen MR) is 66.9 cm³/mol. The quantitative estimate of drug-likeness (QED) is 0.665. The molecule has 1 rings (SSSR count). The molecule has 0 aliphatic heterocycles. The highest BCUT2D eigenvalue weighted by Gasteiger charge is 2.21. The molecule has 0 bridgehead atoms. The summed E-state index contributed by atoms with van der Waals surface area (Å²) in [6, 6.07) is 8.48. The molecular weight excluding hydrogens is 190 g/mol. The van der Waals surface area contributed by atoms with E-state index < -0.39 is 0 Å². The number of hydrogen-bond acceptors (Lipinski definition) is 0. The second kappa shape index (κ2) is 4.88. The van der Waals surface area contributed by atoms with Crippen LogP contribution in [-0.2, 0) is 0 Å². The van der Waals surface area contributed by atoms with Gasteiger partial charge in [-0.05, 0) is 17.3 Å². The fourth-order valence-corrected chi connectivity index (χ4v) is 1.85. The third-order valence-electron chi connectivity index (χ3n) is 2.50. The Bertz CT molecular complexity index is 294. The summed E-state index contributed by atoms with van der Waals surface area (Å²) in [4.78, 5) is 0. The van der Waals surface area contributed by atoms with Crippen molar-refractivity contribution in [2.45, 2.75) is 39.4 Å². The summed E-state index contributed by atoms with van der Waals surface area (Å²) in [5.74, 6) is 1.03. The summed E-state index contributed by atoms with van der Waals surface area (Å²) < 4.78 is 0. The first kappa shape index (κ1) is 11.6. The molecule has 1 aromatic carbocycles. The van der Waals surface area contributed by atoms with Gasteiger partial charge in [0.25, 0.3) is 6.13 Å². The third kappa shape index (κ3) is 2.54. The largest absolute Gasteiger partial charge is 0.285 e. The van der Waals surface area contributed by atoms with Gasteiger partial charge in [0, 0.05) is 0 Å². The highest BCUT2D eigenvalue weighted by molar-refractivity contribution is 7.15. The monoisotopic (exact) mass is 208 g/mol. The summed E-state index contributed by atoms with van der Waals surface area (Å²) in [5, 5.41) is 0. The smallest absolute Gasteiger partial charge is 0.189 e. The molecule has 14 heavy (non-hydrogen) atoms. The van der Waals surface area contributed by atoms with Crippen LogP contribution in [0.4, 0.5) is 0 Å². The Morgan fingerprint density at radius 3 is 2.14 bits per heavy atom. The minimum absolute atomic E-state index is 0.133. The van der Waals surface area contributed by atoms with Crippen molar-refractivity contribution >= 4 is 23.1 Å². The van der Waals surface area contributed by atoms with E-state index in [2.05, 4.69) is 52.0 Å². The van der Waals surface area contributed by atoms with Crippen molar-refractivity contribution in [3.05, 3.63) is 29.8 Å². The molecule has 0 aliphatic rings. The first-order valence-electron chi connectivity index (χ1n) is 5.27. The van der Waals surface area contributed by atoms with Crippen molar-refractivity contribution in [2.24, 2.45) is 0 Å². The maximum Gasteiger partial charge on any atom is 0.285 e. The minimum atomic E-state index is 0.133. The molecule has 0 aromatic heterocycles. The molecule has 0 aliphatic carbocycles. The molecule has 0 amide bonds. The molecule has 0 N–H and O–H groups in total. The summed E-state index contributed by atoms with van der Waals surface area (Å²) in [6.07, 6.45) is 0.133. The van der Waals surface area contributed by atoms with Crippen molar-refractivity contribution in [1.29, 1.82) is 0 Å². The first-order chi connectivity index (χ1) is 6.54. The van der Waals surface area contributed by atoms with Crippen molar-refractivity contribution in [1.82, 2.24) is 0 Å². The Morgan fingerprint density at radius 1 is 1.07 bits per heavy atom. The zero-order valence-electron chi connectivity index (χ0n) is 9.42. The molecule has 0 saturated carbocycles. The molecule has 0 spiro atoms. The standard InChI is InChI=1S/C12H18BCl/c1-9(2)11-7-5-6-8-12(11)13(14)10(3)4/h5-10H,1-4H3. The van der Waals surface area contributed by atoms with E-state index in [1.54, 1.807) is 0 Å². The molecule has 2 heteroatoms. The topological polar surface area (TPSA) is 0 Å². The van der Waals surface area contributed by atoms with Gasteiger partial charge in [0.2, 0.25) is 0 Å². The van der Waals surface area contributed by atoms with E-state index in [-0.39, 0.29) is 6.13 Å². The lowest BCUT2D eigenvalue weighted by Gasteiger charge is -2.17. The Balaban J connectivity index is 3.06. The van der Waals surface area contributed by atoms with Gasteiger partial charge < -0.3 is 0 Å². The van der Waals surface area contributed by atoms with Gasteiger partial charge in [-0.3, -0.25) is 0 Å². The number of benzene rings is 1. The van der Waals surface area contributed by atoms with Gasteiger partial charge in [-0.2, -0.15) is 11.5 Å². The molecular formula is C12H18BCl. The molecule has 76 valence electrons. The number of rotatable bonds is 3. The van der Waals surface area contributed by atoms with E-state index in [1.165, 1.54) is 11.0 Å². The lowest BCUT2D eigenvalue weighted by atomic mass is 9.57. The van der Waals surface area contributed by atoms with E-state index in [4.69, 9.17) is 11.5 Å². The van der Waals surface area contributed by atoms with Crippen LogP contribution >= 0.6 is 11.5 Å². The van der Waals surface area contributed by atoms with Crippen molar-refractivity contribution < 1.29 is 0 Å². The van der Waals surface area contributed by atoms with E-state index in [9.17, 15) is 0 Å². The molecule has 1 aromatic rings. The Labute approximate surface area is 92.7 Å². The molecule has 0 saturated heterocycles. The van der Waals surface area contributed by atoms with Crippen LogP contribution in [0.3, 0.4) is 0 Å². The van der Waals surface area contributed by atoms with Gasteiger partial charge in [0.1, 0.15) is 0 Å². The van der Waals surface area contributed by atoms with Gasteiger partial charge in [-0.15, -0.1) is 0 Å². The van der Waals surface area contributed by atoms with Crippen molar-refractivity contribution in [2.75, 3.05) is 0 Å². The maximum atomic E-state index is 6.39. The van der Waals surface area contributed by atoms with Crippen LogP contribution in [0.5, 0.6) is 0 Å². The van der Waals surface area contributed by atoms with E-state index in [0.29, 0.717) is 11.7 Å². The maximum absolute atomic E-state index is 6.39. The number of halogens is 1. The summed E-state index contributed by atoms with van der Waals surface area (Å²) in [7, 11) is 0. The van der Waals surface area contributed by atoms with Gasteiger partial charge in [0.15, 0.2) is 0 Å². The zero-order valence-corrected chi connectivity index (χ0v) is 10.2. The molecule has 0 radical (unpaired) electrons. The van der Waals surface area contributed by atoms with E-state index in [0.717, 1.165) is 0 Å². The molecule has 0 heterocycles. The summed E-state index contributed by atoms with van der Waals surface area (Å²) in [6.45, 7) is 8.75. The minimum Gasteiger partial charge on any atom is -0.189 e. The SMILES string of the molecule is CC(C)B(Cl)c1ccccc1C(C)C. The Kier molecular flexibility index (Phi) is 4.06. The average Bonchev–Trinajstić information content (AvgIpc) is 2.16. The van der Waals surface area contributed by atoms with Crippen LogP contribution in [0, 0.1) is 0 Å². The summed E-state index contributed by atoms with van der Waals surface area (Å²) >= 11 is 6.39. The predicted octanol–water partition coefficient (Wildman–Crippen LogP) is 3.66. The van der Waals surface area contributed by atoms with Crippen molar-refractivity contribution in [3.63, 3.8) is 0 Å². The molecule has 0 unspecified atom stereocenters. The normalized spacial score (nSPS) is 11.1. The Hall–Kier alpha value is -0.425. The van der Waals surface area contributed by atoms with Crippen LogP contribution in [0.1, 0.15) is 39.2 Å². The van der Waals surface area contributed by atoms with Gasteiger partial charge in [0.05, 0.1) is 0 Å². The lowest BCUT2D eigenvalue weighted by molar-refractivity contribution is 0.872. The second-order valence-electron chi connectivity index (χ2n) is 4.43. The van der Waals surface area contributed by atoms with Crippen LogP contribution in [0.2, 0.25) is 5.82 Å². The van der Waals surface area contributed by atoms with Crippen LogP contribution in [0.15, 0.2) is 24.3 Å². The van der Waals surface area contributed by atoms with Crippen LogP contribution in [-0.4, -0.2) is 6.13 Å². The zero-order chi connectivity index (χ0) is 10.7. The summed E-state index contributed by atoms with van der Waals surface area (Å²) in [5.41, 5.74) is 2.67. The fourth-order valence-electron chi connectivity index (χ4n) is 1.65. The molecule has 0 atom stereocenters. The third-order valence-corrected chi connectivity index (χ3v) is 3.24. The first-order valence-corrected chi connectivity index (χ1v) is 5.70.